The molecule has 0 aromatic heterocycles. The molecule has 1 rings (SSSR count). The number of hydrogen-bond acceptors (Lipinski definition) is 6. The Balaban J connectivity index is 3.10. The first kappa shape index (κ1) is 14.9. The first-order valence-corrected chi connectivity index (χ1v) is 5.58. The highest BCUT2D eigenvalue weighted by molar-refractivity contribution is 5.77. The number of hydrogen-bond donors (Lipinski definition) is 4. The Morgan fingerprint density at radius 1 is 1.50 bits per heavy atom. The van der Waals surface area contributed by atoms with Crippen LogP contribution in [0.3, 0.4) is 0 Å². The lowest BCUT2D eigenvalue weighted by Gasteiger charge is -2.28. The lowest BCUT2D eigenvalue weighted by molar-refractivity contribution is -0.159. The Kier molecular flexibility index (Phi) is 4.31. The number of carboxylic acid groups (broad SMARTS) is 1. The number of rotatable bonds is 4. The van der Waals surface area contributed by atoms with Gasteiger partial charge >= 0.3 is 11.9 Å². The van der Waals surface area contributed by atoms with E-state index in [4.69, 9.17) is 5.11 Å². The smallest absolute Gasteiger partial charge is 0.311 e. The molecule has 0 aromatic carbocycles. The first-order valence-electron chi connectivity index (χ1n) is 5.58. The van der Waals surface area contributed by atoms with Gasteiger partial charge in [0, 0.05) is 12.3 Å². The van der Waals surface area contributed by atoms with Crippen LogP contribution in [0.15, 0.2) is 0 Å². The predicted octanol–water partition coefficient (Wildman–Crippen LogP) is -1.40. The molecular formula is C11H18O7. The number of aliphatic hydroxyl groups is 3. The summed E-state index contributed by atoms with van der Waals surface area (Å²) < 4.78 is 4.48. The third-order valence-corrected chi connectivity index (χ3v) is 3.55. The van der Waals surface area contributed by atoms with E-state index in [1.807, 2.05) is 0 Å². The van der Waals surface area contributed by atoms with Crippen LogP contribution in [0.5, 0.6) is 0 Å². The second-order valence-corrected chi connectivity index (χ2v) is 4.83. The van der Waals surface area contributed by atoms with Crippen LogP contribution in [0.25, 0.3) is 0 Å². The Hall–Kier alpha value is -1.18. The molecule has 7 nitrogen and oxygen atoms in total. The number of carboxylic acids is 1. The minimum atomic E-state index is -1.63. The van der Waals surface area contributed by atoms with E-state index in [1.165, 1.54) is 6.92 Å². The zero-order valence-corrected chi connectivity index (χ0v) is 10.2. The average Bonchev–Trinajstić information content (AvgIpc) is 2.49. The monoisotopic (exact) mass is 262 g/mol. The Labute approximate surface area is 104 Å². The highest BCUT2D eigenvalue weighted by Crippen LogP contribution is 2.44. The lowest BCUT2D eigenvalue weighted by atomic mass is 9.79. The zero-order valence-electron chi connectivity index (χ0n) is 10.2. The summed E-state index contributed by atoms with van der Waals surface area (Å²) >= 11 is 0. The van der Waals surface area contributed by atoms with E-state index in [-0.39, 0.29) is 6.42 Å². The highest BCUT2D eigenvalue weighted by atomic mass is 16.5. The summed E-state index contributed by atoms with van der Waals surface area (Å²) in [6, 6.07) is 0. The Morgan fingerprint density at radius 2 is 2.06 bits per heavy atom. The van der Waals surface area contributed by atoms with Gasteiger partial charge in [-0.3, -0.25) is 9.59 Å². The number of carbonyl (C=O) groups excluding carboxylic acids is 1. The maximum Gasteiger partial charge on any atom is 0.311 e. The maximum atomic E-state index is 11.5. The van der Waals surface area contributed by atoms with Gasteiger partial charge in [-0.2, -0.15) is 0 Å². The van der Waals surface area contributed by atoms with Crippen molar-refractivity contribution in [2.45, 2.75) is 25.0 Å². The summed E-state index contributed by atoms with van der Waals surface area (Å²) in [5.74, 6) is -5.69. The standard InChI is InChI=1S/C11H18O7/c1-11(17)3-6(13)7(8(11)9(14)15)5(4-12)10(16)18-2/h5-8,12-13,17H,3-4H2,1-2H3,(H,14,15)/t5-,6-,7+,8-,11+/m1/s1. The molecule has 0 amide bonds. The minimum Gasteiger partial charge on any atom is -0.481 e. The van der Waals surface area contributed by atoms with Crippen LogP contribution >= 0.6 is 0 Å². The molecule has 1 aliphatic carbocycles. The number of methoxy groups -OCH3 is 1. The van der Waals surface area contributed by atoms with Crippen LogP contribution in [0.1, 0.15) is 13.3 Å². The molecule has 0 unspecified atom stereocenters. The molecule has 0 heterocycles. The SMILES string of the molecule is COC(=O)[C@H](CO)[C@H]1[C@H](O)C[C@](C)(O)[C@H]1C(=O)O. The van der Waals surface area contributed by atoms with E-state index in [9.17, 15) is 24.9 Å². The fourth-order valence-electron chi connectivity index (χ4n) is 2.76. The summed E-state index contributed by atoms with van der Waals surface area (Å²) in [6.45, 7) is 0.648. The normalized spacial score (nSPS) is 37.3. The Bertz CT molecular complexity index is 338. The van der Waals surface area contributed by atoms with Crippen molar-refractivity contribution in [1.82, 2.24) is 0 Å². The molecule has 18 heavy (non-hydrogen) atoms. The molecule has 0 aliphatic heterocycles. The molecule has 0 bridgehead atoms. The van der Waals surface area contributed by atoms with E-state index in [1.54, 1.807) is 0 Å². The van der Waals surface area contributed by atoms with E-state index in [2.05, 4.69) is 4.74 Å². The molecule has 1 aliphatic rings. The molecular weight excluding hydrogens is 244 g/mol. The van der Waals surface area contributed by atoms with Gasteiger partial charge in [0.2, 0.25) is 0 Å². The molecule has 0 radical (unpaired) electrons. The molecule has 0 aromatic rings. The zero-order chi connectivity index (χ0) is 14.1. The second kappa shape index (κ2) is 5.21. The third kappa shape index (κ3) is 2.47. The fraction of sp³-hybridized carbons (Fsp3) is 0.818. The van der Waals surface area contributed by atoms with Gasteiger partial charge in [0.25, 0.3) is 0 Å². The van der Waals surface area contributed by atoms with Gasteiger partial charge in [-0.15, -0.1) is 0 Å². The van der Waals surface area contributed by atoms with Crippen LogP contribution in [0, 0.1) is 17.8 Å². The third-order valence-electron chi connectivity index (χ3n) is 3.55. The molecule has 0 saturated heterocycles. The molecule has 4 N–H and O–H groups in total. The second-order valence-electron chi connectivity index (χ2n) is 4.83. The van der Waals surface area contributed by atoms with Gasteiger partial charge in [-0.1, -0.05) is 0 Å². The molecule has 104 valence electrons. The summed E-state index contributed by atoms with van der Waals surface area (Å²) in [4.78, 5) is 22.7. The summed E-state index contributed by atoms with van der Waals surface area (Å²) in [5.41, 5.74) is -1.63. The summed E-state index contributed by atoms with van der Waals surface area (Å²) in [6.07, 6.45) is -1.35. The van der Waals surface area contributed by atoms with Crippen molar-refractivity contribution < 1.29 is 34.8 Å². The van der Waals surface area contributed by atoms with E-state index in [0.717, 1.165) is 7.11 Å². The minimum absolute atomic E-state index is 0.165. The van der Waals surface area contributed by atoms with Gasteiger partial charge < -0.3 is 25.2 Å². The van der Waals surface area contributed by atoms with Crippen molar-refractivity contribution in [2.24, 2.45) is 17.8 Å². The predicted molar refractivity (Wildman–Crippen MR) is 58.5 cm³/mol. The Morgan fingerprint density at radius 3 is 2.44 bits per heavy atom. The average molecular weight is 262 g/mol. The highest BCUT2D eigenvalue weighted by Gasteiger charge is 2.57. The van der Waals surface area contributed by atoms with Gasteiger partial charge in [0.15, 0.2) is 0 Å². The summed E-state index contributed by atoms with van der Waals surface area (Å²) in [5, 5.41) is 38.2. The van der Waals surface area contributed by atoms with Crippen molar-refractivity contribution in [3.63, 3.8) is 0 Å². The fourth-order valence-corrected chi connectivity index (χ4v) is 2.76. The quantitative estimate of drug-likeness (QED) is 0.459. The number of esters is 1. The van der Waals surface area contributed by atoms with Crippen LogP contribution in [0.2, 0.25) is 0 Å². The van der Waals surface area contributed by atoms with Gasteiger partial charge in [0.05, 0.1) is 37.3 Å². The van der Waals surface area contributed by atoms with E-state index < -0.39 is 48.0 Å². The van der Waals surface area contributed by atoms with Crippen LogP contribution in [-0.2, 0) is 14.3 Å². The van der Waals surface area contributed by atoms with Crippen molar-refractivity contribution in [2.75, 3.05) is 13.7 Å². The number of carbonyl (C=O) groups is 2. The molecule has 1 saturated carbocycles. The number of aliphatic carboxylic acids is 1. The van der Waals surface area contributed by atoms with E-state index >= 15 is 0 Å². The van der Waals surface area contributed by atoms with Crippen LogP contribution in [-0.4, -0.2) is 57.8 Å². The summed E-state index contributed by atoms with van der Waals surface area (Å²) in [7, 11) is 1.11. The van der Waals surface area contributed by atoms with Crippen molar-refractivity contribution in [1.29, 1.82) is 0 Å². The first-order chi connectivity index (χ1) is 8.26. The molecule has 7 heteroatoms. The topological polar surface area (TPSA) is 124 Å². The molecule has 1 fully saturated rings. The van der Waals surface area contributed by atoms with E-state index in [0.29, 0.717) is 0 Å². The molecule has 0 spiro atoms. The van der Waals surface area contributed by atoms with Crippen molar-refractivity contribution in [3.8, 4) is 0 Å². The largest absolute Gasteiger partial charge is 0.481 e. The van der Waals surface area contributed by atoms with Crippen LogP contribution < -0.4 is 0 Å². The van der Waals surface area contributed by atoms with Gasteiger partial charge in [-0.05, 0) is 6.92 Å². The number of aliphatic hydroxyl groups excluding tert-OH is 2. The van der Waals surface area contributed by atoms with Crippen molar-refractivity contribution >= 4 is 11.9 Å². The maximum absolute atomic E-state index is 11.5. The number of ether oxygens (including phenoxy) is 1. The van der Waals surface area contributed by atoms with Crippen LogP contribution in [0.4, 0.5) is 0 Å². The lowest BCUT2D eigenvalue weighted by Crippen LogP contribution is -2.43. The van der Waals surface area contributed by atoms with Gasteiger partial charge in [-0.25, -0.2) is 0 Å². The molecule has 5 atom stereocenters. The van der Waals surface area contributed by atoms with Crippen molar-refractivity contribution in [3.05, 3.63) is 0 Å². The van der Waals surface area contributed by atoms with Gasteiger partial charge in [0.1, 0.15) is 0 Å².